The van der Waals surface area contributed by atoms with Crippen LogP contribution in [0.25, 0.3) is 0 Å². The minimum Gasteiger partial charge on any atom is -0.263 e. The van der Waals surface area contributed by atoms with Gasteiger partial charge >= 0.3 is 0 Å². The highest BCUT2D eigenvalue weighted by atomic mass is 32.2. The lowest BCUT2D eigenvalue weighted by atomic mass is 9.99. The van der Waals surface area contributed by atoms with Crippen LogP contribution in [-0.4, -0.2) is 26.0 Å². The Morgan fingerprint density at radius 2 is 2.00 bits per heavy atom. The zero-order chi connectivity index (χ0) is 13.9. The van der Waals surface area contributed by atoms with Crippen molar-refractivity contribution in [1.29, 1.82) is 0 Å². The first-order valence-electron chi connectivity index (χ1n) is 6.60. The Morgan fingerprint density at radius 1 is 1.32 bits per heavy atom. The van der Waals surface area contributed by atoms with E-state index < -0.39 is 10.1 Å². The molecule has 0 aliphatic carbocycles. The summed E-state index contributed by atoms with van der Waals surface area (Å²) >= 11 is 1.88. The number of hydrogen-bond acceptors (Lipinski definition) is 4. The Balaban J connectivity index is 2.14. The van der Waals surface area contributed by atoms with Gasteiger partial charge in [0.05, 0.1) is 11.0 Å². The number of rotatable bonds is 4. The number of thioether (sulfide) groups is 1. The lowest BCUT2D eigenvalue weighted by Gasteiger charge is -2.29. The van der Waals surface area contributed by atoms with Crippen molar-refractivity contribution in [2.24, 2.45) is 5.92 Å². The van der Waals surface area contributed by atoms with Gasteiger partial charge in [0.25, 0.3) is 10.1 Å². The van der Waals surface area contributed by atoms with Gasteiger partial charge < -0.3 is 0 Å². The number of benzene rings is 1. The van der Waals surface area contributed by atoms with E-state index >= 15 is 0 Å². The molecule has 0 bridgehead atoms. The van der Waals surface area contributed by atoms with Crippen LogP contribution < -0.4 is 0 Å². The third-order valence-electron chi connectivity index (χ3n) is 3.49. The van der Waals surface area contributed by atoms with E-state index in [1.54, 1.807) is 24.3 Å². The maximum atomic E-state index is 12.2. The normalized spacial score (nSPS) is 24.3. The van der Waals surface area contributed by atoms with Gasteiger partial charge in [-0.25, -0.2) is 0 Å². The van der Waals surface area contributed by atoms with Gasteiger partial charge in [-0.1, -0.05) is 24.6 Å². The highest BCUT2D eigenvalue weighted by molar-refractivity contribution is 7.99. The summed E-state index contributed by atoms with van der Waals surface area (Å²) in [6.07, 6.45) is 1.60. The molecule has 1 aliphatic rings. The van der Waals surface area contributed by atoms with E-state index in [0.29, 0.717) is 5.92 Å². The number of hydrogen-bond donors (Lipinski definition) is 0. The van der Waals surface area contributed by atoms with Crippen LogP contribution in [0.1, 0.15) is 25.3 Å². The third kappa shape index (κ3) is 3.74. The van der Waals surface area contributed by atoms with Gasteiger partial charge in [-0.15, -0.1) is 0 Å². The van der Waals surface area contributed by atoms with Crippen LogP contribution in [0.2, 0.25) is 0 Å². The average Bonchev–Trinajstić information content (AvgIpc) is 2.39. The van der Waals surface area contributed by atoms with Crippen molar-refractivity contribution in [3.05, 3.63) is 29.8 Å². The minimum atomic E-state index is -3.63. The Labute approximate surface area is 119 Å². The third-order valence-corrected chi connectivity index (χ3v) is 6.03. The molecule has 1 heterocycles. The van der Waals surface area contributed by atoms with Gasteiger partial charge in [0, 0.05) is 0 Å². The van der Waals surface area contributed by atoms with E-state index in [2.05, 4.69) is 6.92 Å². The molecule has 106 valence electrons. The van der Waals surface area contributed by atoms with Gasteiger partial charge in [0.2, 0.25) is 0 Å². The molecule has 1 aromatic rings. The average molecular weight is 300 g/mol. The van der Waals surface area contributed by atoms with Crippen molar-refractivity contribution in [1.82, 2.24) is 0 Å². The predicted octanol–water partition coefficient (Wildman–Crippen LogP) is 3.23. The summed E-state index contributed by atoms with van der Waals surface area (Å²) < 4.78 is 30.0. The summed E-state index contributed by atoms with van der Waals surface area (Å²) in [5, 5.41) is 0. The molecule has 0 radical (unpaired) electrons. The molecule has 0 spiro atoms. The maximum absolute atomic E-state index is 12.2. The second kappa shape index (κ2) is 6.29. The molecule has 2 unspecified atom stereocenters. The first-order valence-corrected chi connectivity index (χ1v) is 9.17. The molecule has 1 aliphatic heterocycles. The first kappa shape index (κ1) is 14.9. The van der Waals surface area contributed by atoms with E-state index in [4.69, 9.17) is 4.18 Å². The summed E-state index contributed by atoms with van der Waals surface area (Å²) in [6.45, 7) is 4.02. The van der Waals surface area contributed by atoms with Crippen molar-refractivity contribution in [2.75, 3.05) is 11.5 Å². The van der Waals surface area contributed by atoms with E-state index in [0.717, 1.165) is 29.9 Å². The molecular weight excluding hydrogens is 280 g/mol. The Morgan fingerprint density at radius 3 is 2.63 bits per heavy atom. The number of aryl methyl sites for hydroxylation is 1. The zero-order valence-corrected chi connectivity index (χ0v) is 13.0. The topological polar surface area (TPSA) is 43.4 Å². The van der Waals surface area contributed by atoms with Gasteiger partial charge in [-0.2, -0.15) is 20.2 Å². The molecule has 1 aromatic carbocycles. The van der Waals surface area contributed by atoms with E-state index in [1.165, 1.54) is 0 Å². The lowest BCUT2D eigenvalue weighted by Crippen LogP contribution is -2.32. The van der Waals surface area contributed by atoms with Crippen LogP contribution in [-0.2, 0) is 14.3 Å². The van der Waals surface area contributed by atoms with E-state index in [1.807, 2.05) is 18.7 Å². The largest absolute Gasteiger partial charge is 0.297 e. The predicted molar refractivity (Wildman–Crippen MR) is 79.0 cm³/mol. The van der Waals surface area contributed by atoms with Crippen molar-refractivity contribution < 1.29 is 12.6 Å². The molecule has 1 fully saturated rings. The Kier molecular flexibility index (Phi) is 4.92. The lowest BCUT2D eigenvalue weighted by molar-refractivity contribution is 0.143. The molecule has 0 N–H and O–H groups in total. The summed E-state index contributed by atoms with van der Waals surface area (Å²) in [5.74, 6) is 2.30. The second-order valence-corrected chi connectivity index (χ2v) is 7.66. The quantitative estimate of drug-likeness (QED) is 0.801. The Bertz CT molecular complexity index is 508. The van der Waals surface area contributed by atoms with Crippen LogP contribution in [0, 0.1) is 12.8 Å². The van der Waals surface area contributed by atoms with Gasteiger partial charge in [-0.05, 0) is 49.3 Å². The van der Waals surface area contributed by atoms with Crippen molar-refractivity contribution in [3.8, 4) is 0 Å². The molecule has 2 atom stereocenters. The molecule has 0 amide bonds. The molecule has 3 nitrogen and oxygen atoms in total. The molecule has 1 saturated heterocycles. The van der Waals surface area contributed by atoms with Crippen molar-refractivity contribution in [3.63, 3.8) is 0 Å². The van der Waals surface area contributed by atoms with Crippen molar-refractivity contribution in [2.45, 2.75) is 37.7 Å². The first-order chi connectivity index (χ1) is 9.03. The molecule has 5 heteroatoms. The SMILES string of the molecule is CCC1CSCCC1OS(=O)(=O)c1ccc(C)cc1. The molecule has 0 saturated carbocycles. The van der Waals surface area contributed by atoms with Gasteiger partial charge in [0.15, 0.2) is 0 Å². The highest BCUT2D eigenvalue weighted by Crippen LogP contribution is 2.30. The fourth-order valence-electron chi connectivity index (χ4n) is 2.21. The summed E-state index contributed by atoms with van der Waals surface area (Å²) in [4.78, 5) is 0.256. The smallest absolute Gasteiger partial charge is 0.263 e. The standard InChI is InChI=1S/C14H20O3S2/c1-3-12-10-18-9-8-14(12)17-19(15,16)13-6-4-11(2)5-7-13/h4-7,12,14H,3,8-10H2,1-2H3. The van der Waals surface area contributed by atoms with Crippen LogP contribution in [0.4, 0.5) is 0 Å². The second-order valence-electron chi connectivity index (χ2n) is 4.93. The highest BCUT2D eigenvalue weighted by Gasteiger charge is 2.30. The Hall–Kier alpha value is -0.520. The minimum absolute atomic E-state index is 0.169. The fourth-order valence-corrected chi connectivity index (χ4v) is 4.69. The molecule has 19 heavy (non-hydrogen) atoms. The molecule has 0 aromatic heterocycles. The van der Waals surface area contributed by atoms with Gasteiger partial charge in [0.1, 0.15) is 0 Å². The summed E-state index contributed by atoms with van der Waals surface area (Å²) in [6, 6.07) is 6.82. The maximum Gasteiger partial charge on any atom is 0.297 e. The molecular formula is C14H20O3S2. The van der Waals surface area contributed by atoms with Crippen LogP contribution in [0.15, 0.2) is 29.2 Å². The van der Waals surface area contributed by atoms with E-state index in [9.17, 15) is 8.42 Å². The fraction of sp³-hybridized carbons (Fsp3) is 0.571. The van der Waals surface area contributed by atoms with Crippen molar-refractivity contribution >= 4 is 21.9 Å². The summed E-state index contributed by atoms with van der Waals surface area (Å²) in [5.41, 5.74) is 1.04. The summed E-state index contributed by atoms with van der Waals surface area (Å²) in [7, 11) is -3.63. The van der Waals surface area contributed by atoms with E-state index in [-0.39, 0.29) is 11.0 Å². The molecule has 2 rings (SSSR count). The zero-order valence-electron chi connectivity index (χ0n) is 11.3. The van der Waals surface area contributed by atoms with Crippen LogP contribution >= 0.6 is 11.8 Å². The van der Waals surface area contributed by atoms with Crippen LogP contribution in [0.5, 0.6) is 0 Å². The van der Waals surface area contributed by atoms with Gasteiger partial charge in [-0.3, -0.25) is 4.18 Å². The monoisotopic (exact) mass is 300 g/mol. The van der Waals surface area contributed by atoms with Crippen LogP contribution in [0.3, 0.4) is 0 Å².